The zero-order valence-corrected chi connectivity index (χ0v) is 14.0. The monoisotopic (exact) mass is 319 g/mol. The van der Waals surface area contributed by atoms with Crippen LogP contribution in [0.2, 0.25) is 0 Å². The number of aromatic nitrogens is 2. The highest BCUT2D eigenvalue weighted by molar-refractivity contribution is 5.94. The number of rotatable bonds is 5. The van der Waals surface area contributed by atoms with Crippen LogP contribution < -0.4 is 0 Å². The van der Waals surface area contributed by atoms with E-state index in [4.69, 9.17) is 0 Å². The molecule has 0 unspecified atom stereocenters. The lowest BCUT2D eigenvalue weighted by molar-refractivity contribution is 0.0785. The van der Waals surface area contributed by atoms with Crippen LogP contribution in [-0.2, 0) is 13.1 Å². The summed E-state index contributed by atoms with van der Waals surface area (Å²) in [4.78, 5) is 14.2. The molecule has 0 aliphatic rings. The van der Waals surface area contributed by atoms with E-state index in [0.29, 0.717) is 12.1 Å². The third kappa shape index (κ3) is 3.90. The summed E-state index contributed by atoms with van der Waals surface area (Å²) in [5, 5.41) is 4.39. The third-order valence-electron chi connectivity index (χ3n) is 3.94. The molecule has 4 nitrogen and oxygen atoms in total. The van der Waals surface area contributed by atoms with Crippen molar-refractivity contribution in [2.45, 2.75) is 20.0 Å². The van der Waals surface area contributed by atoms with Crippen LogP contribution >= 0.6 is 0 Å². The van der Waals surface area contributed by atoms with E-state index in [1.165, 1.54) is 5.56 Å². The van der Waals surface area contributed by atoms with Gasteiger partial charge < -0.3 is 4.90 Å². The van der Waals surface area contributed by atoms with Crippen molar-refractivity contribution in [2.24, 2.45) is 0 Å². The molecular weight excluding hydrogens is 298 g/mol. The van der Waals surface area contributed by atoms with E-state index in [1.807, 2.05) is 73.5 Å². The lowest BCUT2D eigenvalue weighted by Crippen LogP contribution is -2.26. The average molecular weight is 319 g/mol. The van der Waals surface area contributed by atoms with E-state index in [9.17, 15) is 4.79 Å². The van der Waals surface area contributed by atoms with Crippen LogP contribution in [0.25, 0.3) is 0 Å². The van der Waals surface area contributed by atoms with Crippen molar-refractivity contribution >= 4 is 5.91 Å². The van der Waals surface area contributed by atoms with E-state index in [2.05, 4.69) is 17.2 Å². The molecule has 1 aromatic heterocycles. The summed E-state index contributed by atoms with van der Waals surface area (Å²) in [6.07, 6.45) is 3.81. The Morgan fingerprint density at radius 2 is 1.75 bits per heavy atom. The highest BCUT2D eigenvalue weighted by atomic mass is 16.2. The average Bonchev–Trinajstić information content (AvgIpc) is 3.02. The van der Waals surface area contributed by atoms with Gasteiger partial charge in [-0.3, -0.25) is 9.48 Å². The second kappa shape index (κ2) is 7.13. The van der Waals surface area contributed by atoms with E-state index in [-0.39, 0.29) is 5.91 Å². The molecule has 0 aliphatic carbocycles. The quantitative estimate of drug-likeness (QED) is 0.722. The van der Waals surface area contributed by atoms with Crippen LogP contribution in [0.5, 0.6) is 0 Å². The topological polar surface area (TPSA) is 38.1 Å². The molecule has 3 rings (SSSR count). The summed E-state index contributed by atoms with van der Waals surface area (Å²) in [5.41, 5.74) is 4.08. The highest BCUT2D eigenvalue weighted by Gasteiger charge is 2.12. The normalized spacial score (nSPS) is 10.6. The van der Waals surface area contributed by atoms with Gasteiger partial charge in [0.05, 0.1) is 12.7 Å². The maximum absolute atomic E-state index is 12.5. The highest BCUT2D eigenvalue weighted by Crippen LogP contribution is 2.10. The van der Waals surface area contributed by atoms with Gasteiger partial charge in [0, 0.05) is 30.9 Å². The molecule has 1 amide bonds. The largest absolute Gasteiger partial charge is 0.337 e. The summed E-state index contributed by atoms with van der Waals surface area (Å²) in [7, 11) is 1.82. The van der Waals surface area contributed by atoms with Crippen molar-refractivity contribution in [3.63, 3.8) is 0 Å². The Bertz CT molecular complexity index is 806. The number of amides is 1. The van der Waals surface area contributed by atoms with Gasteiger partial charge in [-0.25, -0.2) is 0 Å². The smallest absolute Gasteiger partial charge is 0.253 e. The number of carbonyl (C=O) groups is 1. The van der Waals surface area contributed by atoms with Crippen molar-refractivity contribution in [1.29, 1.82) is 0 Å². The van der Waals surface area contributed by atoms with E-state index >= 15 is 0 Å². The molecule has 0 saturated heterocycles. The summed E-state index contributed by atoms with van der Waals surface area (Å²) >= 11 is 0. The molecule has 0 aliphatic heterocycles. The lowest BCUT2D eigenvalue weighted by Gasteiger charge is -2.16. The van der Waals surface area contributed by atoms with E-state index in [1.54, 1.807) is 4.90 Å². The first kappa shape index (κ1) is 16.0. The third-order valence-corrected chi connectivity index (χ3v) is 3.94. The number of carbonyl (C=O) groups excluding carboxylic acids is 1. The zero-order chi connectivity index (χ0) is 16.9. The van der Waals surface area contributed by atoms with Gasteiger partial charge in [-0.1, -0.05) is 48.0 Å². The number of nitrogens with zero attached hydrogens (tertiary/aromatic N) is 3. The molecule has 0 bridgehead atoms. The second-order valence-corrected chi connectivity index (χ2v) is 6.06. The molecule has 3 aromatic rings. The number of hydrogen-bond acceptors (Lipinski definition) is 2. The first-order valence-electron chi connectivity index (χ1n) is 7.99. The van der Waals surface area contributed by atoms with Crippen LogP contribution in [0.4, 0.5) is 0 Å². The summed E-state index contributed by atoms with van der Waals surface area (Å²) in [6.45, 7) is 3.29. The fourth-order valence-corrected chi connectivity index (χ4v) is 2.61. The minimum Gasteiger partial charge on any atom is -0.337 e. The van der Waals surface area contributed by atoms with Crippen molar-refractivity contribution in [3.8, 4) is 0 Å². The predicted molar refractivity (Wildman–Crippen MR) is 94.7 cm³/mol. The first-order chi connectivity index (χ1) is 11.6. The molecule has 122 valence electrons. The van der Waals surface area contributed by atoms with Gasteiger partial charge in [0.1, 0.15) is 0 Å². The van der Waals surface area contributed by atoms with E-state index in [0.717, 1.165) is 17.7 Å². The SMILES string of the molecule is Cc1ccc(C(=O)N(C)Cc2cnn(Cc3ccccc3)c2)cc1. The molecule has 0 spiro atoms. The Kier molecular flexibility index (Phi) is 4.75. The van der Waals surface area contributed by atoms with Gasteiger partial charge in [0.25, 0.3) is 5.91 Å². The number of hydrogen-bond donors (Lipinski definition) is 0. The standard InChI is InChI=1S/C20H21N3O/c1-16-8-10-19(11-9-16)20(24)22(2)13-18-12-21-23(15-18)14-17-6-4-3-5-7-17/h3-12,15H,13-14H2,1-2H3. The molecule has 0 N–H and O–H groups in total. The molecule has 0 fully saturated rings. The molecule has 0 saturated carbocycles. The number of aryl methyl sites for hydroxylation is 1. The van der Waals surface area contributed by atoms with Crippen molar-refractivity contribution in [3.05, 3.63) is 89.2 Å². The van der Waals surface area contributed by atoms with E-state index < -0.39 is 0 Å². The molecular formula is C20H21N3O. The lowest BCUT2D eigenvalue weighted by atomic mass is 10.1. The van der Waals surface area contributed by atoms with Crippen LogP contribution in [0.15, 0.2) is 67.0 Å². The van der Waals surface area contributed by atoms with Gasteiger partial charge in [-0.15, -0.1) is 0 Å². The molecule has 1 heterocycles. The summed E-state index contributed by atoms with van der Waals surface area (Å²) in [6, 6.07) is 17.9. The number of benzene rings is 2. The van der Waals surface area contributed by atoms with Gasteiger partial charge in [-0.05, 0) is 24.6 Å². The van der Waals surface area contributed by atoms with Gasteiger partial charge in [-0.2, -0.15) is 5.10 Å². The minimum absolute atomic E-state index is 0.0193. The maximum atomic E-state index is 12.5. The molecule has 4 heteroatoms. The molecule has 2 aromatic carbocycles. The van der Waals surface area contributed by atoms with Crippen molar-refractivity contribution in [1.82, 2.24) is 14.7 Å². The summed E-state index contributed by atoms with van der Waals surface area (Å²) < 4.78 is 1.90. The molecule has 0 radical (unpaired) electrons. The Labute approximate surface area is 142 Å². The Morgan fingerprint density at radius 1 is 1.04 bits per heavy atom. The van der Waals surface area contributed by atoms with Crippen LogP contribution in [0, 0.1) is 6.92 Å². The van der Waals surface area contributed by atoms with Gasteiger partial charge >= 0.3 is 0 Å². The molecule has 24 heavy (non-hydrogen) atoms. The fraction of sp³-hybridized carbons (Fsp3) is 0.200. The maximum Gasteiger partial charge on any atom is 0.253 e. The fourth-order valence-electron chi connectivity index (χ4n) is 2.61. The van der Waals surface area contributed by atoms with Gasteiger partial charge in [0.2, 0.25) is 0 Å². The second-order valence-electron chi connectivity index (χ2n) is 6.06. The zero-order valence-electron chi connectivity index (χ0n) is 14.0. The Morgan fingerprint density at radius 3 is 2.46 bits per heavy atom. The Hall–Kier alpha value is -2.88. The minimum atomic E-state index is 0.0193. The molecule has 0 atom stereocenters. The van der Waals surface area contributed by atoms with Crippen molar-refractivity contribution in [2.75, 3.05) is 7.05 Å². The predicted octanol–water partition coefficient (Wildman–Crippen LogP) is 3.51. The van der Waals surface area contributed by atoms with Gasteiger partial charge in [0.15, 0.2) is 0 Å². The van der Waals surface area contributed by atoms with Crippen LogP contribution in [0.1, 0.15) is 27.0 Å². The Balaban J connectivity index is 1.63. The van der Waals surface area contributed by atoms with Crippen LogP contribution in [-0.4, -0.2) is 27.6 Å². The summed E-state index contributed by atoms with van der Waals surface area (Å²) in [5.74, 6) is 0.0193. The van der Waals surface area contributed by atoms with Crippen LogP contribution in [0.3, 0.4) is 0 Å². The van der Waals surface area contributed by atoms with Crippen molar-refractivity contribution < 1.29 is 4.79 Å². The first-order valence-corrected chi connectivity index (χ1v) is 7.99.